The number of carbonyl (C=O) groups is 1. The zero-order valence-electron chi connectivity index (χ0n) is 16.7. The van der Waals surface area contributed by atoms with Gasteiger partial charge in [-0.1, -0.05) is 29.4 Å². The van der Waals surface area contributed by atoms with Crippen LogP contribution >= 0.6 is 0 Å². The van der Waals surface area contributed by atoms with Gasteiger partial charge in [0, 0.05) is 6.42 Å². The van der Waals surface area contributed by atoms with E-state index < -0.39 is 0 Å². The predicted molar refractivity (Wildman–Crippen MR) is 109 cm³/mol. The van der Waals surface area contributed by atoms with E-state index in [1.165, 1.54) is 18.2 Å². The van der Waals surface area contributed by atoms with Gasteiger partial charge in [0.05, 0.1) is 37.6 Å². The molecule has 1 heterocycles. The summed E-state index contributed by atoms with van der Waals surface area (Å²) in [6, 6.07) is 11.5. The van der Waals surface area contributed by atoms with Crippen molar-refractivity contribution < 1.29 is 19.5 Å². The van der Waals surface area contributed by atoms with Gasteiger partial charge < -0.3 is 19.6 Å². The lowest BCUT2D eigenvalue weighted by Gasteiger charge is -2.23. The number of ether oxygens (including phenoxy) is 1. The standard InChI is InChI=1S/C22H26N2O4/c1-14-6-5-7-19(15(14)2)16-8-9-20(21(10-16)27-3)22(26)24-12-17(23-28-4)11-18(24)13-25/h5-10,18,25H,11-13H2,1-4H3/b23-17+/t18-/m0/s1. The first-order chi connectivity index (χ1) is 13.5. The SMILES string of the molecule is CO/N=C1\C[C@@H](CO)N(C(=O)c2ccc(-c3cccc(C)c3C)cc2OC)C1. The molecule has 1 aliphatic rings. The van der Waals surface area contributed by atoms with Crippen LogP contribution in [-0.2, 0) is 4.84 Å². The number of amides is 1. The highest BCUT2D eigenvalue weighted by Crippen LogP contribution is 2.32. The van der Waals surface area contributed by atoms with Crippen molar-refractivity contribution in [1.82, 2.24) is 4.90 Å². The Morgan fingerprint density at radius 2 is 2.04 bits per heavy atom. The average Bonchev–Trinajstić information content (AvgIpc) is 3.12. The molecular formula is C22H26N2O4. The Kier molecular flexibility index (Phi) is 5.99. The number of aryl methyl sites for hydroxylation is 1. The van der Waals surface area contributed by atoms with Crippen LogP contribution in [0.3, 0.4) is 0 Å². The molecule has 6 heteroatoms. The molecule has 1 saturated heterocycles. The summed E-state index contributed by atoms with van der Waals surface area (Å²) >= 11 is 0. The van der Waals surface area contributed by atoms with E-state index in [1.54, 1.807) is 18.1 Å². The van der Waals surface area contributed by atoms with E-state index >= 15 is 0 Å². The fraction of sp³-hybridized carbons (Fsp3) is 0.364. The van der Waals surface area contributed by atoms with Crippen LogP contribution in [0.4, 0.5) is 0 Å². The van der Waals surface area contributed by atoms with Gasteiger partial charge in [-0.3, -0.25) is 4.79 Å². The number of hydrogen-bond donors (Lipinski definition) is 1. The van der Waals surface area contributed by atoms with Crippen LogP contribution in [0.5, 0.6) is 5.75 Å². The predicted octanol–water partition coefficient (Wildman–Crippen LogP) is 3.19. The van der Waals surface area contributed by atoms with E-state index in [4.69, 9.17) is 9.57 Å². The van der Waals surface area contributed by atoms with Crippen LogP contribution in [0.2, 0.25) is 0 Å². The van der Waals surface area contributed by atoms with E-state index in [0.717, 1.165) is 16.8 Å². The van der Waals surface area contributed by atoms with Gasteiger partial charge in [0.25, 0.3) is 5.91 Å². The van der Waals surface area contributed by atoms with Gasteiger partial charge in [0.1, 0.15) is 12.9 Å². The third kappa shape index (κ3) is 3.73. The van der Waals surface area contributed by atoms with Crippen LogP contribution in [-0.4, -0.2) is 55.0 Å². The summed E-state index contributed by atoms with van der Waals surface area (Å²) in [5.74, 6) is 0.321. The Labute approximate surface area is 165 Å². The van der Waals surface area contributed by atoms with E-state index in [1.807, 2.05) is 18.2 Å². The molecule has 1 aliphatic heterocycles. The van der Waals surface area contributed by atoms with Crippen molar-refractivity contribution in [3.05, 3.63) is 53.1 Å². The van der Waals surface area contributed by atoms with Crippen molar-refractivity contribution >= 4 is 11.6 Å². The van der Waals surface area contributed by atoms with Gasteiger partial charge in [-0.2, -0.15) is 0 Å². The van der Waals surface area contributed by atoms with Crippen molar-refractivity contribution in [2.24, 2.45) is 5.16 Å². The van der Waals surface area contributed by atoms with E-state index in [-0.39, 0.29) is 18.6 Å². The molecule has 28 heavy (non-hydrogen) atoms. The molecule has 1 amide bonds. The molecule has 148 valence electrons. The Hall–Kier alpha value is -2.86. The minimum absolute atomic E-state index is 0.128. The summed E-state index contributed by atoms with van der Waals surface area (Å²) in [6.07, 6.45) is 0.499. The number of oxime groups is 1. The van der Waals surface area contributed by atoms with Gasteiger partial charge in [0.15, 0.2) is 0 Å². The molecule has 1 N–H and O–H groups in total. The smallest absolute Gasteiger partial charge is 0.258 e. The number of rotatable bonds is 5. The molecule has 3 rings (SSSR count). The summed E-state index contributed by atoms with van der Waals surface area (Å²) in [5, 5.41) is 13.6. The highest BCUT2D eigenvalue weighted by molar-refractivity contribution is 6.02. The third-order valence-electron chi connectivity index (χ3n) is 5.30. The summed E-state index contributed by atoms with van der Waals surface area (Å²) in [5.41, 5.74) is 5.72. The number of benzene rings is 2. The van der Waals surface area contributed by atoms with Gasteiger partial charge >= 0.3 is 0 Å². The second kappa shape index (κ2) is 8.44. The Balaban J connectivity index is 1.95. The topological polar surface area (TPSA) is 71.4 Å². The molecule has 1 fully saturated rings. The highest BCUT2D eigenvalue weighted by atomic mass is 16.6. The number of aliphatic hydroxyl groups excluding tert-OH is 1. The lowest BCUT2D eigenvalue weighted by Crippen LogP contribution is -2.38. The molecule has 0 unspecified atom stereocenters. The molecule has 0 aliphatic carbocycles. The van der Waals surface area contributed by atoms with E-state index in [2.05, 4.69) is 31.1 Å². The molecule has 0 saturated carbocycles. The summed E-state index contributed by atoms with van der Waals surface area (Å²) in [6.45, 7) is 4.37. The first-order valence-electron chi connectivity index (χ1n) is 9.25. The number of hydrogen-bond acceptors (Lipinski definition) is 5. The van der Waals surface area contributed by atoms with Gasteiger partial charge in [-0.25, -0.2) is 0 Å². The van der Waals surface area contributed by atoms with Crippen molar-refractivity contribution in [3.8, 4) is 16.9 Å². The average molecular weight is 382 g/mol. The molecule has 0 spiro atoms. The molecule has 1 atom stereocenters. The normalized spacial score (nSPS) is 17.8. The van der Waals surface area contributed by atoms with Crippen molar-refractivity contribution in [3.63, 3.8) is 0 Å². The van der Waals surface area contributed by atoms with Crippen molar-refractivity contribution in [1.29, 1.82) is 0 Å². The number of nitrogens with zero attached hydrogens (tertiary/aromatic N) is 2. The molecule has 0 bridgehead atoms. The molecular weight excluding hydrogens is 356 g/mol. The summed E-state index contributed by atoms with van der Waals surface area (Å²) in [7, 11) is 3.03. The Morgan fingerprint density at radius 3 is 2.71 bits per heavy atom. The fourth-order valence-corrected chi connectivity index (χ4v) is 3.62. The number of aliphatic hydroxyl groups is 1. The Bertz CT molecular complexity index is 907. The molecule has 6 nitrogen and oxygen atoms in total. The second-order valence-electron chi connectivity index (χ2n) is 6.98. The summed E-state index contributed by atoms with van der Waals surface area (Å²) < 4.78 is 5.54. The maximum absolute atomic E-state index is 13.2. The number of carbonyl (C=O) groups excluding carboxylic acids is 1. The quantitative estimate of drug-likeness (QED) is 0.806. The third-order valence-corrected chi connectivity index (χ3v) is 5.30. The fourth-order valence-electron chi connectivity index (χ4n) is 3.62. The van der Waals surface area contributed by atoms with Crippen LogP contribution < -0.4 is 4.74 Å². The van der Waals surface area contributed by atoms with Crippen LogP contribution in [0.25, 0.3) is 11.1 Å². The van der Waals surface area contributed by atoms with Crippen LogP contribution in [0, 0.1) is 13.8 Å². The lowest BCUT2D eigenvalue weighted by atomic mass is 9.96. The first kappa shape index (κ1) is 19.9. The second-order valence-corrected chi connectivity index (χ2v) is 6.98. The van der Waals surface area contributed by atoms with Gasteiger partial charge in [-0.05, 0) is 48.2 Å². The largest absolute Gasteiger partial charge is 0.496 e. The van der Waals surface area contributed by atoms with Gasteiger partial charge in [0.2, 0.25) is 0 Å². The molecule has 0 aromatic heterocycles. The highest BCUT2D eigenvalue weighted by Gasteiger charge is 2.34. The van der Waals surface area contributed by atoms with Crippen molar-refractivity contribution in [2.45, 2.75) is 26.3 Å². The minimum Gasteiger partial charge on any atom is -0.496 e. The summed E-state index contributed by atoms with van der Waals surface area (Å²) in [4.78, 5) is 19.6. The maximum atomic E-state index is 13.2. The van der Waals surface area contributed by atoms with E-state index in [0.29, 0.717) is 24.3 Å². The zero-order chi connectivity index (χ0) is 20.3. The molecule has 0 radical (unpaired) electrons. The number of methoxy groups -OCH3 is 1. The monoisotopic (exact) mass is 382 g/mol. The van der Waals surface area contributed by atoms with E-state index in [9.17, 15) is 9.90 Å². The first-order valence-corrected chi connectivity index (χ1v) is 9.25. The van der Waals surface area contributed by atoms with Crippen LogP contribution in [0.15, 0.2) is 41.6 Å². The van der Waals surface area contributed by atoms with Gasteiger partial charge in [-0.15, -0.1) is 0 Å². The lowest BCUT2D eigenvalue weighted by molar-refractivity contribution is 0.0677. The minimum atomic E-state index is -0.315. The van der Waals surface area contributed by atoms with Crippen molar-refractivity contribution in [2.75, 3.05) is 27.4 Å². The Morgan fingerprint density at radius 1 is 1.25 bits per heavy atom. The zero-order valence-corrected chi connectivity index (χ0v) is 16.7. The molecule has 2 aromatic carbocycles. The maximum Gasteiger partial charge on any atom is 0.258 e. The van der Waals surface area contributed by atoms with Crippen LogP contribution in [0.1, 0.15) is 27.9 Å². The molecule has 2 aromatic rings. The number of likely N-dealkylation sites (tertiary alicyclic amines) is 1.